The Morgan fingerprint density at radius 3 is 1.61 bits per heavy atom. The van der Waals surface area contributed by atoms with Crippen LogP contribution >= 0.6 is 0 Å². The summed E-state index contributed by atoms with van der Waals surface area (Å²) in [6.45, 7) is 7.06. The van der Waals surface area contributed by atoms with E-state index >= 15 is 0 Å². The van der Waals surface area contributed by atoms with Crippen LogP contribution < -0.4 is 0 Å². The Labute approximate surface area is 142 Å². The van der Waals surface area contributed by atoms with Crippen LogP contribution in [0.25, 0.3) is 0 Å². The van der Waals surface area contributed by atoms with E-state index in [1.54, 1.807) is 0 Å². The van der Waals surface area contributed by atoms with Crippen molar-refractivity contribution in [2.24, 2.45) is 5.92 Å². The van der Waals surface area contributed by atoms with Crippen molar-refractivity contribution < 1.29 is 19.1 Å². The van der Waals surface area contributed by atoms with Gasteiger partial charge >= 0.3 is 11.9 Å². The third-order valence-electron chi connectivity index (χ3n) is 3.81. The standard InChI is InChI=1S/C19H36O4/c1-4-5-6-7-8-9-10-11-12-15-22-18(20)19(21)23-16-13-14-17(2)3/h17H,4-16H2,1-3H3. The predicted molar refractivity (Wildman–Crippen MR) is 93.2 cm³/mol. The molecule has 0 atom stereocenters. The molecule has 0 heterocycles. The SMILES string of the molecule is CCCCCCCCCCCOC(=O)C(=O)OCCCC(C)C. The monoisotopic (exact) mass is 328 g/mol. The lowest BCUT2D eigenvalue weighted by molar-refractivity contribution is -0.167. The third-order valence-corrected chi connectivity index (χ3v) is 3.81. The summed E-state index contributed by atoms with van der Waals surface area (Å²) in [5.41, 5.74) is 0. The lowest BCUT2D eigenvalue weighted by atomic mass is 10.1. The van der Waals surface area contributed by atoms with E-state index in [1.165, 1.54) is 44.9 Å². The number of ether oxygens (including phenoxy) is 2. The van der Waals surface area contributed by atoms with Crippen LogP contribution in [0.15, 0.2) is 0 Å². The summed E-state index contributed by atoms with van der Waals surface area (Å²) in [6.07, 6.45) is 12.6. The molecule has 0 aromatic heterocycles. The number of unbranched alkanes of at least 4 members (excludes halogenated alkanes) is 8. The van der Waals surface area contributed by atoms with Crippen LogP contribution in [0.5, 0.6) is 0 Å². The Kier molecular flexibility index (Phi) is 15.1. The molecule has 0 unspecified atom stereocenters. The molecule has 0 aliphatic rings. The minimum atomic E-state index is -0.857. The molecule has 0 aliphatic carbocycles. The van der Waals surface area contributed by atoms with Crippen LogP contribution in [0.4, 0.5) is 0 Å². The molecular weight excluding hydrogens is 292 g/mol. The number of carbonyl (C=O) groups is 2. The van der Waals surface area contributed by atoms with E-state index in [4.69, 9.17) is 9.47 Å². The fraction of sp³-hybridized carbons (Fsp3) is 0.895. The average Bonchev–Trinajstić information content (AvgIpc) is 2.52. The molecule has 136 valence electrons. The van der Waals surface area contributed by atoms with Crippen molar-refractivity contribution in [1.29, 1.82) is 0 Å². The highest BCUT2D eigenvalue weighted by molar-refractivity contribution is 6.29. The molecular formula is C19H36O4. The van der Waals surface area contributed by atoms with Gasteiger partial charge in [-0.1, -0.05) is 72.1 Å². The molecule has 0 bridgehead atoms. The second-order valence-electron chi connectivity index (χ2n) is 6.64. The zero-order chi connectivity index (χ0) is 17.3. The zero-order valence-corrected chi connectivity index (χ0v) is 15.4. The lowest BCUT2D eigenvalue weighted by Gasteiger charge is -2.07. The van der Waals surface area contributed by atoms with E-state index in [0.717, 1.165) is 25.7 Å². The summed E-state index contributed by atoms with van der Waals surface area (Å²) >= 11 is 0. The molecule has 0 saturated heterocycles. The van der Waals surface area contributed by atoms with Crippen LogP contribution in [-0.4, -0.2) is 25.2 Å². The smallest absolute Gasteiger partial charge is 0.417 e. The molecule has 0 fully saturated rings. The first-order valence-electron chi connectivity index (χ1n) is 9.41. The number of carbonyl (C=O) groups excluding carboxylic acids is 2. The van der Waals surface area contributed by atoms with Gasteiger partial charge in [0.15, 0.2) is 0 Å². The maximum Gasteiger partial charge on any atom is 0.417 e. The normalized spacial score (nSPS) is 10.8. The average molecular weight is 328 g/mol. The number of hydrogen-bond donors (Lipinski definition) is 0. The summed E-state index contributed by atoms with van der Waals surface area (Å²) < 4.78 is 9.81. The molecule has 0 aromatic carbocycles. The topological polar surface area (TPSA) is 52.6 Å². The third kappa shape index (κ3) is 15.6. The molecule has 4 nitrogen and oxygen atoms in total. The minimum Gasteiger partial charge on any atom is -0.457 e. The quantitative estimate of drug-likeness (QED) is 0.255. The molecule has 0 radical (unpaired) electrons. The van der Waals surface area contributed by atoms with Gasteiger partial charge in [-0.05, 0) is 25.2 Å². The first kappa shape index (κ1) is 21.9. The largest absolute Gasteiger partial charge is 0.457 e. The molecule has 4 heteroatoms. The Morgan fingerprint density at radius 2 is 1.13 bits per heavy atom. The van der Waals surface area contributed by atoms with E-state index in [1.807, 2.05) is 0 Å². The molecule has 0 N–H and O–H groups in total. The van der Waals surface area contributed by atoms with Crippen molar-refractivity contribution >= 4 is 11.9 Å². The van der Waals surface area contributed by atoms with Crippen LogP contribution in [0.1, 0.15) is 91.4 Å². The molecule has 0 aliphatic heterocycles. The van der Waals surface area contributed by atoms with Crippen LogP contribution in [0.3, 0.4) is 0 Å². The molecule has 0 spiro atoms. The Hall–Kier alpha value is -1.06. The van der Waals surface area contributed by atoms with Crippen molar-refractivity contribution in [3.05, 3.63) is 0 Å². The first-order valence-corrected chi connectivity index (χ1v) is 9.41. The van der Waals surface area contributed by atoms with E-state index in [2.05, 4.69) is 20.8 Å². The van der Waals surface area contributed by atoms with Crippen molar-refractivity contribution in [3.8, 4) is 0 Å². The van der Waals surface area contributed by atoms with Gasteiger partial charge in [0.1, 0.15) is 0 Å². The molecule has 0 saturated carbocycles. The van der Waals surface area contributed by atoms with Crippen LogP contribution in [0.2, 0.25) is 0 Å². The number of hydrogen-bond acceptors (Lipinski definition) is 4. The fourth-order valence-electron chi connectivity index (χ4n) is 2.35. The summed E-state index contributed by atoms with van der Waals surface area (Å²) in [5, 5.41) is 0. The molecule has 0 rings (SSSR count). The van der Waals surface area contributed by atoms with E-state index in [0.29, 0.717) is 19.1 Å². The maximum atomic E-state index is 11.4. The van der Waals surface area contributed by atoms with Crippen LogP contribution in [0, 0.1) is 5.92 Å². The van der Waals surface area contributed by atoms with Gasteiger partial charge in [-0.3, -0.25) is 0 Å². The molecule has 0 amide bonds. The minimum absolute atomic E-state index is 0.296. The Morgan fingerprint density at radius 1 is 0.696 bits per heavy atom. The van der Waals surface area contributed by atoms with E-state index in [-0.39, 0.29) is 0 Å². The van der Waals surface area contributed by atoms with Crippen molar-refractivity contribution in [3.63, 3.8) is 0 Å². The second-order valence-corrected chi connectivity index (χ2v) is 6.64. The predicted octanol–water partition coefficient (Wildman–Crippen LogP) is 5.04. The molecule has 0 aromatic rings. The Bertz CT molecular complexity index is 300. The first-order chi connectivity index (χ1) is 11.1. The van der Waals surface area contributed by atoms with E-state index < -0.39 is 11.9 Å². The summed E-state index contributed by atoms with van der Waals surface area (Å²) in [5.74, 6) is -1.13. The number of rotatable bonds is 14. The van der Waals surface area contributed by atoms with Gasteiger partial charge in [-0.2, -0.15) is 0 Å². The maximum absolute atomic E-state index is 11.4. The van der Waals surface area contributed by atoms with Gasteiger partial charge in [0.25, 0.3) is 0 Å². The second kappa shape index (κ2) is 15.8. The zero-order valence-electron chi connectivity index (χ0n) is 15.4. The lowest BCUT2D eigenvalue weighted by Crippen LogP contribution is -2.21. The van der Waals surface area contributed by atoms with Crippen LogP contribution in [-0.2, 0) is 19.1 Å². The van der Waals surface area contributed by atoms with Gasteiger partial charge in [0.2, 0.25) is 0 Å². The number of esters is 2. The van der Waals surface area contributed by atoms with Crippen molar-refractivity contribution in [2.75, 3.05) is 13.2 Å². The summed E-state index contributed by atoms with van der Waals surface area (Å²) in [7, 11) is 0. The van der Waals surface area contributed by atoms with Gasteiger partial charge in [-0.15, -0.1) is 0 Å². The van der Waals surface area contributed by atoms with Gasteiger partial charge in [0, 0.05) is 0 Å². The van der Waals surface area contributed by atoms with Crippen molar-refractivity contribution in [1.82, 2.24) is 0 Å². The van der Waals surface area contributed by atoms with Crippen molar-refractivity contribution in [2.45, 2.75) is 91.4 Å². The molecule has 23 heavy (non-hydrogen) atoms. The Balaban J connectivity index is 3.36. The fourth-order valence-corrected chi connectivity index (χ4v) is 2.35. The highest BCUT2D eigenvalue weighted by Gasteiger charge is 2.16. The van der Waals surface area contributed by atoms with E-state index in [9.17, 15) is 9.59 Å². The van der Waals surface area contributed by atoms with Gasteiger partial charge in [0.05, 0.1) is 13.2 Å². The van der Waals surface area contributed by atoms with Gasteiger partial charge < -0.3 is 9.47 Å². The van der Waals surface area contributed by atoms with Gasteiger partial charge in [-0.25, -0.2) is 9.59 Å². The summed E-state index contributed by atoms with van der Waals surface area (Å²) in [6, 6.07) is 0. The highest BCUT2D eigenvalue weighted by atomic mass is 16.6. The summed E-state index contributed by atoms with van der Waals surface area (Å²) in [4.78, 5) is 22.8. The highest BCUT2D eigenvalue weighted by Crippen LogP contribution is 2.09.